The fourth-order valence-corrected chi connectivity index (χ4v) is 5.51. The lowest BCUT2D eigenvalue weighted by Crippen LogP contribution is -2.44. The van der Waals surface area contributed by atoms with Crippen molar-refractivity contribution >= 4 is 38.1 Å². The third kappa shape index (κ3) is 3.42. The Hall–Kier alpha value is -1.17. The standard InChI is InChI=1S/C20H19Br2NO2/c21-16-6-7-17(15(8-16)12-24)25-18-9-14-11-23(20(18)19(14)22)10-13-4-2-1-3-5-13/h1-8,12,14,18-20H,9-11H2/t14-,18-,19+,20+/m0/s1. The maximum Gasteiger partial charge on any atom is 0.153 e. The van der Waals surface area contributed by atoms with Crippen molar-refractivity contribution in [2.24, 2.45) is 5.92 Å². The minimum atomic E-state index is 0.103. The number of piperidine rings is 1. The predicted octanol–water partition coefficient (Wildman–Crippen LogP) is 4.68. The second-order valence-corrected chi connectivity index (χ2v) is 8.78. The van der Waals surface area contributed by atoms with E-state index in [1.807, 2.05) is 24.3 Å². The zero-order chi connectivity index (χ0) is 17.4. The highest BCUT2D eigenvalue weighted by Gasteiger charge is 2.52. The first-order chi connectivity index (χ1) is 12.2. The summed E-state index contributed by atoms with van der Waals surface area (Å²) in [6.45, 7) is 2.03. The summed E-state index contributed by atoms with van der Waals surface area (Å²) in [6, 6.07) is 16.5. The van der Waals surface area contributed by atoms with Gasteiger partial charge in [-0.2, -0.15) is 0 Å². The zero-order valence-corrected chi connectivity index (χ0v) is 16.8. The number of alkyl halides is 1. The Kier molecular flexibility index (Phi) is 4.98. The maximum atomic E-state index is 11.4. The van der Waals surface area contributed by atoms with E-state index in [0.717, 1.165) is 30.3 Å². The van der Waals surface area contributed by atoms with E-state index in [0.29, 0.717) is 28.1 Å². The molecular formula is C20H19Br2NO2. The topological polar surface area (TPSA) is 29.5 Å². The van der Waals surface area contributed by atoms with Gasteiger partial charge in [0.25, 0.3) is 0 Å². The number of fused-ring (bicyclic) bond motifs is 2. The van der Waals surface area contributed by atoms with E-state index in [9.17, 15) is 4.79 Å². The summed E-state index contributed by atoms with van der Waals surface area (Å²) >= 11 is 7.30. The van der Waals surface area contributed by atoms with Gasteiger partial charge in [-0.05, 0) is 36.1 Å². The zero-order valence-electron chi connectivity index (χ0n) is 13.6. The van der Waals surface area contributed by atoms with Crippen LogP contribution in [0.1, 0.15) is 22.3 Å². The number of nitrogens with zero attached hydrogens (tertiary/aromatic N) is 1. The van der Waals surface area contributed by atoms with Gasteiger partial charge in [-0.15, -0.1) is 0 Å². The Balaban J connectivity index is 1.53. The molecular weight excluding hydrogens is 446 g/mol. The molecule has 4 rings (SSSR count). The highest BCUT2D eigenvalue weighted by molar-refractivity contribution is 9.10. The number of carbonyl (C=O) groups excluding carboxylic acids is 1. The fraction of sp³-hybridized carbons (Fsp3) is 0.350. The molecule has 1 saturated carbocycles. The number of hydrogen-bond donors (Lipinski definition) is 0. The molecule has 2 aliphatic rings. The van der Waals surface area contributed by atoms with E-state index in [4.69, 9.17) is 4.74 Å². The van der Waals surface area contributed by atoms with Crippen LogP contribution >= 0.6 is 31.9 Å². The van der Waals surface area contributed by atoms with Gasteiger partial charge in [-0.1, -0.05) is 62.2 Å². The van der Waals surface area contributed by atoms with Crippen LogP contribution in [-0.4, -0.2) is 34.7 Å². The van der Waals surface area contributed by atoms with Gasteiger partial charge in [0.1, 0.15) is 11.9 Å². The van der Waals surface area contributed by atoms with Crippen LogP contribution in [0.3, 0.4) is 0 Å². The minimum Gasteiger partial charge on any atom is -0.488 e. The largest absolute Gasteiger partial charge is 0.488 e. The van der Waals surface area contributed by atoms with Gasteiger partial charge in [0.15, 0.2) is 6.29 Å². The summed E-state index contributed by atoms with van der Waals surface area (Å²) in [4.78, 5) is 14.3. The summed E-state index contributed by atoms with van der Waals surface area (Å²) in [5.74, 6) is 1.27. The van der Waals surface area contributed by atoms with Gasteiger partial charge in [0.2, 0.25) is 0 Å². The molecule has 1 heterocycles. The Bertz CT molecular complexity index is 768. The number of halogens is 2. The third-order valence-corrected chi connectivity index (χ3v) is 6.97. The number of aldehydes is 1. The van der Waals surface area contributed by atoms with E-state index in [1.165, 1.54) is 5.56 Å². The molecule has 0 amide bonds. The van der Waals surface area contributed by atoms with Crippen molar-refractivity contribution in [3.8, 4) is 5.75 Å². The molecule has 1 aliphatic carbocycles. The second-order valence-electron chi connectivity index (χ2n) is 6.80. The highest BCUT2D eigenvalue weighted by Crippen LogP contribution is 2.44. The van der Waals surface area contributed by atoms with Gasteiger partial charge in [-0.3, -0.25) is 9.69 Å². The van der Waals surface area contributed by atoms with Crippen molar-refractivity contribution in [1.29, 1.82) is 0 Å². The van der Waals surface area contributed by atoms with E-state index in [2.05, 4.69) is 61.0 Å². The Labute approximate surface area is 164 Å². The molecule has 0 aromatic heterocycles. The Morgan fingerprint density at radius 3 is 2.72 bits per heavy atom. The summed E-state index contributed by atoms with van der Waals surface area (Å²) in [5.41, 5.74) is 1.92. The smallest absolute Gasteiger partial charge is 0.153 e. The van der Waals surface area contributed by atoms with Gasteiger partial charge >= 0.3 is 0 Å². The van der Waals surface area contributed by atoms with E-state index in [-0.39, 0.29) is 6.10 Å². The van der Waals surface area contributed by atoms with Crippen molar-refractivity contribution in [3.05, 3.63) is 64.1 Å². The lowest BCUT2D eigenvalue weighted by Gasteiger charge is -2.33. The van der Waals surface area contributed by atoms with Crippen molar-refractivity contribution < 1.29 is 9.53 Å². The van der Waals surface area contributed by atoms with Gasteiger partial charge in [0, 0.05) is 22.4 Å². The van der Waals surface area contributed by atoms with Crippen LogP contribution in [0.15, 0.2) is 53.0 Å². The number of rotatable bonds is 5. The first-order valence-corrected chi connectivity index (χ1v) is 10.2. The number of benzene rings is 2. The van der Waals surface area contributed by atoms with E-state index < -0.39 is 0 Å². The molecule has 1 aliphatic heterocycles. The van der Waals surface area contributed by atoms with Crippen LogP contribution < -0.4 is 4.74 Å². The van der Waals surface area contributed by atoms with Crippen LogP contribution in [0.25, 0.3) is 0 Å². The van der Waals surface area contributed by atoms with Gasteiger partial charge in [0.05, 0.1) is 11.6 Å². The molecule has 0 spiro atoms. The minimum absolute atomic E-state index is 0.103. The van der Waals surface area contributed by atoms with Crippen LogP contribution in [0.2, 0.25) is 0 Å². The van der Waals surface area contributed by atoms with Crippen molar-refractivity contribution in [2.45, 2.75) is 29.9 Å². The molecule has 25 heavy (non-hydrogen) atoms. The van der Waals surface area contributed by atoms with Crippen molar-refractivity contribution in [2.75, 3.05) is 6.54 Å². The Morgan fingerprint density at radius 2 is 2.00 bits per heavy atom. The van der Waals surface area contributed by atoms with Crippen LogP contribution in [0, 0.1) is 5.92 Å². The lowest BCUT2D eigenvalue weighted by molar-refractivity contribution is 0.0700. The molecule has 0 unspecified atom stereocenters. The maximum absolute atomic E-state index is 11.4. The molecule has 4 atom stereocenters. The molecule has 5 heteroatoms. The number of carbonyl (C=O) groups is 1. The molecule has 1 saturated heterocycles. The monoisotopic (exact) mass is 463 g/mol. The average molecular weight is 465 g/mol. The number of likely N-dealkylation sites (tertiary alicyclic amines) is 1. The second kappa shape index (κ2) is 7.22. The molecule has 2 aromatic carbocycles. The normalized spacial score (nSPS) is 28.2. The molecule has 2 bridgehead atoms. The number of hydrogen-bond acceptors (Lipinski definition) is 3. The first kappa shape index (κ1) is 17.3. The quantitative estimate of drug-likeness (QED) is 0.475. The average Bonchev–Trinajstić information content (AvgIpc) is 3.08. The van der Waals surface area contributed by atoms with Crippen LogP contribution in [0.4, 0.5) is 0 Å². The van der Waals surface area contributed by atoms with Gasteiger partial charge in [-0.25, -0.2) is 0 Å². The van der Waals surface area contributed by atoms with Gasteiger partial charge < -0.3 is 4.74 Å². The van der Waals surface area contributed by atoms with Crippen molar-refractivity contribution in [3.63, 3.8) is 0 Å². The summed E-state index contributed by atoms with van der Waals surface area (Å²) in [6.07, 6.45) is 1.99. The van der Waals surface area contributed by atoms with E-state index in [1.54, 1.807) is 0 Å². The molecule has 2 fully saturated rings. The molecule has 130 valence electrons. The van der Waals surface area contributed by atoms with E-state index >= 15 is 0 Å². The molecule has 0 radical (unpaired) electrons. The third-order valence-electron chi connectivity index (χ3n) is 5.19. The SMILES string of the molecule is O=Cc1cc(Br)ccc1O[C@H]1C[C@H]2CN(Cc3ccccc3)[C@H]1[C@@H]2Br. The predicted molar refractivity (Wildman–Crippen MR) is 105 cm³/mol. The Morgan fingerprint density at radius 1 is 1.20 bits per heavy atom. The first-order valence-electron chi connectivity index (χ1n) is 8.49. The molecule has 0 N–H and O–H groups in total. The van der Waals surface area contributed by atoms with Crippen LogP contribution in [0.5, 0.6) is 5.75 Å². The highest BCUT2D eigenvalue weighted by atomic mass is 79.9. The summed E-state index contributed by atoms with van der Waals surface area (Å²) in [5, 5.41) is 0. The fourth-order valence-electron chi connectivity index (χ4n) is 4.07. The van der Waals surface area contributed by atoms with Crippen LogP contribution in [-0.2, 0) is 6.54 Å². The van der Waals surface area contributed by atoms with Crippen molar-refractivity contribution in [1.82, 2.24) is 4.90 Å². The molecule has 2 aromatic rings. The summed E-state index contributed by atoms with van der Waals surface area (Å²) < 4.78 is 7.19. The number of ether oxygens (including phenoxy) is 1. The lowest BCUT2D eigenvalue weighted by atomic mass is 10.1. The summed E-state index contributed by atoms with van der Waals surface area (Å²) in [7, 11) is 0. The molecule has 3 nitrogen and oxygen atoms in total.